The zero-order chi connectivity index (χ0) is 40.0. The van der Waals surface area contributed by atoms with Gasteiger partial charge in [0.25, 0.3) is 11.5 Å². The van der Waals surface area contributed by atoms with Gasteiger partial charge in [-0.3, -0.25) is 19.1 Å². The molecule has 0 bridgehead atoms. The number of benzene rings is 3. The summed E-state index contributed by atoms with van der Waals surface area (Å²) in [6.45, 7) is 5.22. The van der Waals surface area contributed by atoms with Gasteiger partial charge in [-0.25, -0.2) is 19.1 Å². The van der Waals surface area contributed by atoms with Crippen LogP contribution in [0.5, 0.6) is 11.5 Å². The highest BCUT2D eigenvalue weighted by Crippen LogP contribution is 2.42. The number of methoxy groups -OCH3 is 2. The molecule has 15 heteroatoms. The monoisotopic (exact) mass is 767 g/mol. The van der Waals surface area contributed by atoms with Crippen molar-refractivity contribution in [3.63, 3.8) is 0 Å². The molecule has 0 radical (unpaired) electrons. The molecule has 0 saturated carbocycles. The second kappa shape index (κ2) is 16.8. The third-order valence-corrected chi connectivity index (χ3v) is 9.27. The van der Waals surface area contributed by atoms with Gasteiger partial charge in [-0.05, 0) is 61.7 Å². The highest BCUT2D eigenvalue weighted by Gasteiger charge is 2.42. The Morgan fingerprint density at radius 2 is 1.52 bits per heavy atom. The third-order valence-electron chi connectivity index (χ3n) is 9.27. The summed E-state index contributed by atoms with van der Waals surface area (Å²) < 4.78 is 31.6. The molecule has 3 heterocycles. The van der Waals surface area contributed by atoms with Crippen LogP contribution in [0.25, 0.3) is 0 Å². The molecule has 15 nitrogen and oxygen atoms in total. The highest BCUT2D eigenvalue weighted by molar-refractivity contribution is 5.93. The number of carbonyl (C=O) groups excluding carboxylic acids is 2. The Kier molecular flexibility index (Phi) is 11.9. The highest BCUT2D eigenvalue weighted by atomic mass is 16.6. The van der Waals surface area contributed by atoms with Crippen molar-refractivity contribution < 1.29 is 38.4 Å². The number of aliphatic hydroxyl groups excluding tert-OH is 1. The van der Waals surface area contributed by atoms with Gasteiger partial charge in [0, 0.05) is 31.8 Å². The van der Waals surface area contributed by atoms with Crippen molar-refractivity contribution >= 4 is 12.0 Å². The van der Waals surface area contributed by atoms with Gasteiger partial charge in [-0.15, -0.1) is 0 Å². The lowest BCUT2D eigenvalue weighted by atomic mass is 9.80. The van der Waals surface area contributed by atoms with E-state index in [4.69, 9.17) is 23.7 Å². The Bertz CT molecular complexity index is 2190. The first-order chi connectivity index (χ1) is 26.8. The number of imidazole rings is 1. The zero-order valence-corrected chi connectivity index (χ0v) is 31.8. The fourth-order valence-corrected chi connectivity index (χ4v) is 6.48. The van der Waals surface area contributed by atoms with E-state index in [0.717, 1.165) is 27.5 Å². The minimum atomic E-state index is -1.19. The van der Waals surface area contributed by atoms with Crippen LogP contribution in [0.3, 0.4) is 0 Å². The quantitative estimate of drug-likeness (QED) is 0.146. The van der Waals surface area contributed by atoms with E-state index < -0.39 is 52.9 Å². The van der Waals surface area contributed by atoms with Gasteiger partial charge in [0.15, 0.2) is 0 Å². The number of hydrogen-bond donors (Lipinski definition) is 3. The zero-order valence-electron chi connectivity index (χ0n) is 31.8. The van der Waals surface area contributed by atoms with Crippen LogP contribution in [-0.4, -0.2) is 81.4 Å². The van der Waals surface area contributed by atoms with Crippen LogP contribution in [0.2, 0.25) is 0 Å². The van der Waals surface area contributed by atoms with Crippen LogP contribution in [0.1, 0.15) is 66.2 Å². The van der Waals surface area contributed by atoms with Crippen molar-refractivity contribution in [2.24, 2.45) is 0 Å². The van der Waals surface area contributed by atoms with Crippen LogP contribution < -0.4 is 26.0 Å². The largest absolute Gasteiger partial charge is 0.497 e. The van der Waals surface area contributed by atoms with E-state index in [2.05, 4.69) is 15.3 Å². The van der Waals surface area contributed by atoms with Crippen LogP contribution in [0.4, 0.5) is 4.79 Å². The van der Waals surface area contributed by atoms with Crippen molar-refractivity contribution in [2.45, 2.75) is 63.3 Å². The van der Waals surface area contributed by atoms with E-state index in [0.29, 0.717) is 17.2 Å². The van der Waals surface area contributed by atoms with E-state index in [1.807, 2.05) is 78.9 Å². The van der Waals surface area contributed by atoms with E-state index >= 15 is 0 Å². The Labute approximate surface area is 322 Å². The maximum absolute atomic E-state index is 13.2. The summed E-state index contributed by atoms with van der Waals surface area (Å²) in [4.78, 5) is 57.7. The van der Waals surface area contributed by atoms with Crippen LogP contribution in [0.15, 0.2) is 107 Å². The number of nitrogens with one attached hydrogen (secondary N) is 2. The molecule has 1 fully saturated rings. The van der Waals surface area contributed by atoms with Gasteiger partial charge in [-0.2, -0.15) is 0 Å². The molecule has 1 aliphatic heterocycles. The van der Waals surface area contributed by atoms with E-state index in [1.165, 1.54) is 17.1 Å². The van der Waals surface area contributed by atoms with Crippen LogP contribution >= 0.6 is 0 Å². The van der Waals surface area contributed by atoms with Crippen LogP contribution in [-0.2, 0) is 26.2 Å². The lowest BCUT2D eigenvalue weighted by molar-refractivity contribution is -0.0944. The van der Waals surface area contributed by atoms with Crippen molar-refractivity contribution in [1.82, 2.24) is 24.4 Å². The molecule has 5 aromatic rings. The lowest BCUT2D eigenvalue weighted by Gasteiger charge is -2.37. The number of aromatic nitrogens is 4. The third kappa shape index (κ3) is 8.75. The van der Waals surface area contributed by atoms with Gasteiger partial charge in [0.2, 0.25) is 0 Å². The summed E-state index contributed by atoms with van der Waals surface area (Å²) in [5.74, 6) is 0.583. The molecule has 294 valence electrons. The fraction of sp³-hybridized carbons (Fsp3) is 0.341. The van der Waals surface area contributed by atoms with Gasteiger partial charge in [0.05, 0.1) is 32.6 Å². The predicted octanol–water partition coefficient (Wildman–Crippen LogP) is 4.16. The summed E-state index contributed by atoms with van der Waals surface area (Å²) in [6, 6.07) is 24.6. The molecule has 1 aliphatic rings. The molecule has 1 amide bonds. The second-order valence-corrected chi connectivity index (χ2v) is 14.2. The van der Waals surface area contributed by atoms with E-state index in [9.17, 15) is 24.3 Å². The summed E-state index contributed by atoms with van der Waals surface area (Å²) in [7, 11) is 3.18. The number of amides is 1. The molecule has 0 unspecified atom stereocenters. The maximum Gasteiger partial charge on any atom is 0.419 e. The molecule has 3 atom stereocenters. The first-order valence-corrected chi connectivity index (χ1v) is 18.0. The topological polar surface area (TPSA) is 185 Å². The van der Waals surface area contributed by atoms with Gasteiger partial charge in [0.1, 0.15) is 46.9 Å². The van der Waals surface area contributed by atoms with Crippen molar-refractivity contribution in [3.8, 4) is 11.5 Å². The summed E-state index contributed by atoms with van der Waals surface area (Å²) in [6.07, 6.45) is 0.561. The number of hydrogen-bond acceptors (Lipinski definition) is 11. The first-order valence-electron chi connectivity index (χ1n) is 18.0. The van der Waals surface area contributed by atoms with Crippen molar-refractivity contribution in [3.05, 3.63) is 146 Å². The Balaban J connectivity index is 1.19. The molecule has 1 saturated heterocycles. The molecule has 56 heavy (non-hydrogen) atoms. The normalized spacial score (nSPS) is 17.0. The average molecular weight is 768 g/mol. The molecule has 2 aromatic heterocycles. The number of aromatic amines is 1. The van der Waals surface area contributed by atoms with E-state index in [-0.39, 0.29) is 31.6 Å². The lowest BCUT2D eigenvalue weighted by Crippen LogP contribution is -2.39. The SMILES string of the molecule is COc1ccc(C(OC[C@H]2O[C@@H](n3cc(C(=O)NCCc4cn(C(=O)OC(C)(C)C)cn4)c(=O)[nH]c3=O)C[C@@H]2O)(c2ccccc2)c2ccc(OC)cc2)cc1. The van der Waals surface area contributed by atoms with Crippen molar-refractivity contribution in [1.29, 1.82) is 0 Å². The van der Waals surface area contributed by atoms with Crippen molar-refractivity contribution in [2.75, 3.05) is 27.4 Å². The van der Waals surface area contributed by atoms with Gasteiger partial charge < -0.3 is 34.1 Å². The number of rotatable bonds is 13. The molecule has 0 spiro atoms. The number of nitrogens with zero attached hydrogens (tertiary/aromatic N) is 3. The summed E-state index contributed by atoms with van der Waals surface area (Å²) in [5.41, 5.74) is -1.02. The smallest absolute Gasteiger partial charge is 0.419 e. The van der Waals surface area contributed by atoms with Crippen LogP contribution in [0, 0.1) is 0 Å². The number of aliphatic hydroxyl groups is 1. The van der Waals surface area contributed by atoms with Gasteiger partial charge >= 0.3 is 11.8 Å². The average Bonchev–Trinajstić information content (AvgIpc) is 3.81. The second-order valence-electron chi connectivity index (χ2n) is 14.2. The Morgan fingerprint density at radius 1 is 0.911 bits per heavy atom. The molecule has 3 N–H and O–H groups in total. The van der Waals surface area contributed by atoms with E-state index in [1.54, 1.807) is 35.0 Å². The molecule has 3 aromatic carbocycles. The predicted molar refractivity (Wildman–Crippen MR) is 204 cm³/mol. The Hall–Kier alpha value is -6.03. The fourth-order valence-electron chi connectivity index (χ4n) is 6.48. The number of carbonyl (C=O) groups is 2. The number of H-pyrrole nitrogens is 1. The molecule has 0 aliphatic carbocycles. The number of ether oxygens (including phenoxy) is 5. The minimum Gasteiger partial charge on any atom is -0.497 e. The first kappa shape index (κ1) is 39.7. The summed E-state index contributed by atoms with van der Waals surface area (Å²) >= 11 is 0. The molecular weight excluding hydrogens is 722 g/mol. The molecular formula is C41H45N5O10. The minimum absolute atomic E-state index is 0.0231. The maximum atomic E-state index is 13.2. The van der Waals surface area contributed by atoms with Gasteiger partial charge in [-0.1, -0.05) is 54.6 Å². The summed E-state index contributed by atoms with van der Waals surface area (Å²) in [5, 5.41) is 13.9. The Morgan fingerprint density at radius 3 is 2.11 bits per heavy atom. The molecule has 6 rings (SSSR count). The standard InChI is InChI=1S/C41H45N5O10/c1-40(2,3)56-39(51)45-22-29(43-25-45)19-20-42-36(48)32-23-46(38(50)44-37(32)49)35-21-33(47)34(55-35)24-54-41(26-9-7-6-8-10-26,27-11-15-30(52-4)16-12-27)28-13-17-31(53-5)18-14-28/h6-18,22-23,25,33-35,47H,19-21,24H2,1-5H3,(H,42,48)(H,44,49,50)/t33-,34+,35+/m0/s1.